The Kier molecular flexibility index (Phi) is 3.55. The fourth-order valence-corrected chi connectivity index (χ4v) is 9.75. The van der Waals surface area contributed by atoms with Crippen molar-refractivity contribution in [3.63, 3.8) is 0 Å². The lowest BCUT2D eigenvalue weighted by molar-refractivity contribution is -0.413. The van der Waals surface area contributed by atoms with E-state index in [1.54, 1.807) is 0 Å². The fourth-order valence-electron chi connectivity index (χ4n) is 9.75. The van der Waals surface area contributed by atoms with Crippen LogP contribution in [0.4, 0.5) is 0 Å². The summed E-state index contributed by atoms with van der Waals surface area (Å²) in [7, 11) is 5.28. The smallest absolute Gasteiger partial charge is 0.334 e. The third kappa shape index (κ3) is 1.57. The van der Waals surface area contributed by atoms with Crippen molar-refractivity contribution < 1.29 is 38.1 Å². The molecule has 6 rings (SSSR count). The van der Waals surface area contributed by atoms with Crippen molar-refractivity contribution in [1.82, 2.24) is 0 Å². The van der Waals surface area contributed by atoms with Crippen molar-refractivity contribution in [3.05, 3.63) is 11.1 Å². The minimum atomic E-state index is -0.980. The average molecular weight is 430 g/mol. The van der Waals surface area contributed by atoms with Gasteiger partial charge in [0.05, 0.1) is 50.4 Å². The molecule has 0 aromatic rings. The zero-order chi connectivity index (χ0) is 22.0. The molecule has 0 N–H and O–H groups in total. The number of carbonyl (C=O) groups is 4. The number of ether oxygens (including phenoxy) is 4. The van der Waals surface area contributed by atoms with Gasteiger partial charge in [0, 0.05) is 11.8 Å². The van der Waals surface area contributed by atoms with E-state index in [2.05, 4.69) is 0 Å². The minimum absolute atomic E-state index is 0.0704. The molecular formula is C23H26O8. The summed E-state index contributed by atoms with van der Waals surface area (Å²) in [5.74, 6) is -1.98. The Bertz CT molecular complexity index is 906. The molecule has 0 aromatic heterocycles. The second-order valence-corrected chi connectivity index (χ2v) is 10.0. The first-order chi connectivity index (χ1) is 14.9. The predicted octanol–water partition coefficient (Wildman–Crippen LogP) is 1.13. The monoisotopic (exact) mass is 430 g/mol. The molecular weight excluding hydrogens is 404 g/mol. The molecule has 0 aromatic carbocycles. The van der Waals surface area contributed by atoms with Gasteiger partial charge >= 0.3 is 23.9 Å². The van der Waals surface area contributed by atoms with Crippen LogP contribution in [0.25, 0.3) is 0 Å². The third-order valence-electron chi connectivity index (χ3n) is 10.1. The summed E-state index contributed by atoms with van der Waals surface area (Å²) < 4.78 is 20.6. The van der Waals surface area contributed by atoms with Gasteiger partial charge in [-0.15, -0.1) is 0 Å². The van der Waals surface area contributed by atoms with Crippen molar-refractivity contribution >= 4 is 23.9 Å². The zero-order valence-corrected chi connectivity index (χ0v) is 18.0. The second kappa shape index (κ2) is 5.70. The normalized spacial score (nSPS) is 48.9. The minimum Gasteiger partial charge on any atom is -0.469 e. The van der Waals surface area contributed by atoms with Crippen LogP contribution in [0, 0.1) is 58.2 Å². The van der Waals surface area contributed by atoms with E-state index in [9.17, 15) is 19.2 Å². The number of esters is 4. The first-order valence-electron chi connectivity index (χ1n) is 11.0. The van der Waals surface area contributed by atoms with E-state index in [0.29, 0.717) is 23.0 Å². The van der Waals surface area contributed by atoms with E-state index in [1.807, 2.05) is 0 Å². The van der Waals surface area contributed by atoms with Crippen LogP contribution in [0.1, 0.15) is 19.3 Å². The molecule has 10 atom stereocenters. The van der Waals surface area contributed by atoms with Gasteiger partial charge in [-0.05, 0) is 54.8 Å². The Balaban J connectivity index is 1.54. The topological polar surface area (TPSA) is 105 Å². The molecule has 8 nitrogen and oxygen atoms in total. The van der Waals surface area contributed by atoms with Gasteiger partial charge in [0.2, 0.25) is 0 Å². The van der Waals surface area contributed by atoms with Crippen LogP contribution in [-0.4, -0.2) is 52.3 Å². The number of hydrogen-bond donors (Lipinski definition) is 0. The molecule has 31 heavy (non-hydrogen) atoms. The molecule has 0 saturated heterocycles. The Morgan fingerprint density at radius 3 is 1.35 bits per heavy atom. The van der Waals surface area contributed by atoms with Crippen LogP contribution >= 0.6 is 0 Å². The van der Waals surface area contributed by atoms with Gasteiger partial charge < -0.3 is 18.9 Å². The van der Waals surface area contributed by atoms with Crippen molar-refractivity contribution in [1.29, 1.82) is 0 Å². The average Bonchev–Trinajstić information content (AvgIpc) is 3.35. The molecule has 0 amide bonds. The lowest BCUT2D eigenvalue weighted by atomic mass is 9.11. The second-order valence-electron chi connectivity index (χ2n) is 10.0. The van der Waals surface area contributed by atoms with Crippen molar-refractivity contribution in [2.24, 2.45) is 58.2 Å². The highest BCUT2D eigenvalue weighted by Gasteiger charge is 3.00. The highest BCUT2D eigenvalue weighted by atomic mass is 16.5. The van der Waals surface area contributed by atoms with Crippen molar-refractivity contribution in [2.45, 2.75) is 19.3 Å². The highest BCUT2D eigenvalue weighted by Crippen LogP contribution is 2.96. The highest BCUT2D eigenvalue weighted by molar-refractivity contribution is 6.07. The fraction of sp³-hybridized carbons (Fsp3) is 0.739. The molecule has 0 radical (unpaired) electrons. The Morgan fingerprint density at radius 2 is 1.03 bits per heavy atom. The van der Waals surface area contributed by atoms with Crippen LogP contribution in [0.2, 0.25) is 0 Å². The molecule has 5 saturated carbocycles. The summed E-state index contributed by atoms with van der Waals surface area (Å²) in [6, 6.07) is 0. The van der Waals surface area contributed by atoms with Crippen LogP contribution in [0.15, 0.2) is 11.1 Å². The van der Waals surface area contributed by atoms with E-state index in [1.165, 1.54) is 28.4 Å². The number of hydrogen-bond acceptors (Lipinski definition) is 8. The van der Waals surface area contributed by atoms with Crippen LogP contribution in [-0.2, 0) is 38.1 Å². The quantitative estimate of drug-likeness (QED) is 0.371. The van der Waals surface area contributed by atoms with E-state index in [-0.39, 0.29) is 47.4 Å². The van der Waals surface area contributed by atoms with Gasteiger partial charge in [0.1, 0.15) is 0 Å². The van der Waals surface area contributed by atoms with E-state index in [4.69, 9.17) is 18.9 Å². The molecule has 8 heteroatoms. The molecule has 0 heterocycles. The Labute approximate surface area is 179 Å². The Hall–Kier alpha value is -2.38. The molecule has 166 valence electrons. The molecule has 6 aliphatic rings. The van der Waals surface area contributed by atoms with Gasteiger partial charge in [-0.2, -0.15) is 0 Å². The van der Waals surface area contributed by atoms with Crippen molar-refractivity contribution in [2.75, 3.05) is 28.4 Å². The van der Waals surface area contributed by atoms with Gasteiger partial charge in [0.15, 0.2) is 0 Å². The number of methoxy groups -OCH3 is 4. The molecule has 10 unspecified atom stereocenters. The maximum absolute atomic E-state index is 13.5. The molecule has 2 bridgehead atoms. The first-order valence-corrected chi connectivity index (χ1v) is 11.0. The van der Waals surface area contributed by atoms with Crippen LogP contribution < -0.4 is 0 Å². The summed E-state index contributed by atoms with van der Waals surface area (Å²) in [5, 5.41) is 0. The number of carbonyl (C=O) groups excluding carboxylic acids is 4. The predicted molar refractivity (Wildman–Crippen MR) is 102 cm³/mol. The van der Waals surface area contributed by atoms with Gasteiger partial charge in [-0.1, -0.05) is 0 Å². The van der Waals surface area contributed by atoms with E-state index >= 15 is 0 Å². The molecule has 5 fully saturated rings. The third-order valence-corrected chi connectivity index (χ3v) is 10.1. The molecule has 0 spiro atoms. The Morgan fingerprint density at radius 1 is 0.645 bits per heavy atom. The maximum atomic E-state index is 13.5. The van der Waals surface area contributed by atoms with Gasteiger partial charge in [-0.3, -0.25) is 9.59 Å². The standard InChI is InChI=1S/C23H26O8/c1-28-18(24)12-10-11(13(12)19(25)29-2)17-16(10)22(20(26)30-3)14-8-5-6-9(7-8)15(14)23(17,22)21(27)31-4/h8-11,14-17H,5-7H2,1-4H3. The van der Waals surface area contributed by atoms with E-state index < -0.39 is 22.8 Å². The molecule has 6 aliphatic carbocycles. The van der Waals surface area contributed by atoms with E-state index in [0.717, 1.165) is 19.3 Å². The lowest BCUT2D eigenvalue weighted by Gasteiger charge is -2.88. The summed E-state index contributed by atoms with van der Waals surface area (Å²) in [5.41, 5.74) is -1.36. The van der Waals surface area contributed by atoms with Crippen molar-refractivity contribution in [3.8, 4) is 0 Å². The summed E-state index contributed by atoms with van der Waals surface area (Å²) in [4.78, 5) is 52.0. The van der Waals surface area contributed by atoms with Crippen LogP contribution in [0.3, 0.4) is 0 Å². The summed E-state index contributed by atoms with van der Waals surface area (Å²) in [6.07, 6.45) is 3.13. The number of fused-ring (bicyclic) bond motifs is 14. The van der Waals surface area contributed by atoms with Crippen LogP contribution in [0.5, 0.6) is 0 Å². The summed E-state index contributed by atoms with van der Waals surface area (Å²) in [6.45, 7) is 0. The zero-order valence-electron chi connectivity index (χ0n) is 18.0. The van der Waals surface area contributed by atoms with Gasteiger partial charge in [0.25, 0.3) is 0 Å². The number of rotatable bonds is 4. The largest absolute Gasteiger partial charge is 0.469 e. The lowest BCUT2D eigenvalue weighted by Crippen LogP contribution is -2.94. The maximum Gasteiger partial charge on any atom is 0.334 e. The molecule has 0 aliphatic heterocycles. The SMILES string of the molecule is COC(=O)C1=C(C(=O)OC)C2C1C1C2C2(C(=O)OC)C3C4CCC(C4)C3C12C(=O)OC. The summed E-state index contributed by atoms with van der Waals surface area (Å²) >= 11 is 0. The first kappa shape index (κ1) is 19.3. The van der Waals surface area contributed by atoms with Gasteiger partial charge in [-0.25, -0.2) is 9.59 Å².